The quantitative estimate of drug-likeness (QED) is 0.544. The van der Waals surface area contributed by atoms with Crippen LogP contribution in [-0.2, 0) is 4.79 Å². The van der Waals surface area contributed by atoms with Crippen LogP contribution in [0.2, 0.25) is 5.02 Å². The van der Waals surface area contributed by atoms with E-state index in [1.807, 2.05) is 41.8 Å². The Morgan fingerprint density at radius 1 is 1.21 bits per heavy atom. The maximum atomic E-state index is 12.5. The van der Waals surface area contributed by atoms with Crippen LogP contribution in [-0.4, -0.2) is 40.5 Å². The third-order valence-corrected chi connectivity index (χ3v) is 5.58. The summed E-state index contributed by atoms with van der Waals surface area (Å²) >= 11 is 7.42. The molecule has 1 heterocycles. The second kappa shape index (κ2) is 9.33. The van der Waals surface area contributed by atoms with Crippen molar-refractivity contribution in [3.63, 3.8) is 0 Å². The van der Waals surface area contributed by atoms with Crippen LogP contribution in [0.4, 0.5) is 11.4 Å². The molecule has 3 rings (SSSR count). The molecule has 1 aromatic heterocycles. The van der Waals surface area contributed by atoms with E-state index in [1.54, 1.807) is 18.5 Å². The Kier molecular flexibility index (Phi) is 6.82. The van der Waals surface area contributed by atoms with Crippen molar-refractivity contribution in [1.82, 2.24) is 14.8 Å². The first kappa shape index (κ1) is 21.2. The summed E-state index contributed by atoms with van der Waals surface area (Å²) < 4.78 is 1.88. The van der Waals surface area contributed by atoms with Crippen LogP contribution in [0.3, 0.4) is 0 Å². The lowest BCUT2D eigenvalue weighted by molar-refractivity contribution is -0.113. The van der Waals surface area contributed by atoms with Gasteiger partial charge in [-0.1, -0.05) is 49.3 Å². The Hall–Kier alpha value is -2.51. The van der Waals surface area contributed by atoms with Crippen LogP contribution in [0.25, 0.3) is 5.69 Å². The predicted octanol–water partition coefficient (Wildman–Crippen LogP) is 4.84. The highest BCUT2D eigenvalue weighted by Crippen LogP contribution is 2.28. The number of thioether (sulfide) groups is 1. The van der Waals surface area contributed by atoms with E-state index in [-0.39, 0.29) is 11.7 Å². The van der Waals surface area contributed by atoms with Gasteiger partial charge < -0.3 is 10.2 Å². The molecule has 0 aliphatic heterocycles. The lowest BCUT2D eigenvalue weighted by atomic mass is 10.0. The molecule has 0 saturated heterocycles. The first-order valence-electron chi connectivity index (χ1n) is 9.25. The highest BCUT2D eigenvalue weighted by Gasteiger charge is 2.13. The molecule has 0 unspecified atom stereocenters. The van der Waals surface area contributed by atoms with E-state index < -0.39 is 0 Å². The second-order valence-corrected chi connectivity index (χ2v) is 8.50. The largest absolute Gasteiger partial charge is 0.376 e. The summed E-state index contributed by atoms with van der Waals surface area (Å²) in [5.41, 5.74) is 3.81. The summed E-state index contributed by atoms with van der Waals surface area (Å²) in [6.45, 7) is 4.32. The minimum atomic E-state index is -0.134. The van der Waals surface area contributed by atoms with Crippen molar-refractivity contribution in [2.24, 2.45) is 0 Å². The van der Waals surface area contributed by atoms with Gasteiger partial charge in [0.05, 0.1) is 17.1 Å². The van der Waals surface area contributed by atoms with Crippen LogP contribution in [0.5, 0.6) is 0 Å². The van der Waals surface area contributed by atoms with Gasteiger partial charge >= 0.3 is 0 Å². The molecule has 0 spiro atoms. The Morgan fingerprint density at radius 3 is 2.59 bits per heavy atom. The van der Waals surface area contributed by atoms with Crippen molar-refractivity contribution in [3.05, 3.63) is 59.4 Å². The fraction of sp³-hybridized carbons (Fsp3) is 0.286. The molecule has 8 heteroatoms. The minimum absolute atomic E-state index is 0.134. The van der Waals surface area contributed by atoms with Gasteiger partial charge in [-0.15, -0.1) is 10.2 Å². The lowest BCUT2D eigenvalue weighted by Gasteiger charge is -2.18. The SMILES string of the molecule is CC(C)c1ccc(-n2cnnc2SCC(=O)Nc2cc(Cl)ccc2N(C)C)cc1. The second-order valence-electron chi connectivity index (χ2n) is 7.12. The zero-order valence-electron chi connectivity index (χ0n) is 16.9. The summed E-state index contributed by atoms with van der Waals surface area (Å²) in [6, 6.07) is 13.7. The van der Waals surface area contributed by atoms with Gasteiger partial charge in [-0.05, 0) is 41.8 Å². The fourth-order valence-corrected chi connectivity index (χ4v) is 3.74. The van der Waals surface area contributed by atoms with Crippen LogP contribution in [0.15, 0.2) is 53.9 Å². The van der Waals surface area contributed by atoms with E-state index in [2.05, 4.69) is 41.5 Å². The number of nitrogens with one attached hydrogen (secondary N) is 1. The van der Waals surface area contributed by atoms with E-state index in [9.17, 15) is 4.79 Å². The molecule has 0 aliphatic carbocycles. The Morgan fingerprint density at radius 2 is 1.93 bits per heavy atom. The van der Waals surface area contributed by atoms with Gasteiger partial charge in [0, 0.05) is 24.8 Å². The number of aromatic nitrogens is 3. The minimum Gasteiger partial charge on any atom is -0.376 e. The van der Waals surface area contributed by atoms with Crippen LogP contribution < -0.4 is 10.2 Å². The van der Waals surface area contributed by atoms with E-state index >= 15 is 0 Å². The summed E-state index contributed by atoms with van der Waals surface area (Å²) in [5, 5.41) is 12.3. The molecule has 0 saturated carbocycles. The number of nitrogens with zero attached hydrogens (tertiary/aromatic N) is 4. The number of hydrogen-bond donors (Lipinski definition) is 1. The number of rotatable bonds is 7. The molecule has 6 nitrogen and oxygen atoms in total. The van der Waals surface area contributed by atoms with Crippen molar-refractivity contribution < 1.29 is 4.79 Å². The summed E-state index contributed by atoms with van der Waals surface area (Å²) in [5.74, 6) is 0.549. The number of carbonyl (C=O) groups is 1. The molecule has 0 fully saturated rings. The molecule has 1 amide bonds. The molecular weight excluding hydrogens is 406 g/mol. The van der Waals surface area contributed by atoms with Crippen LogP contribution >= 0.6 is 23.4 Å². The summed E-state index contributed by atoms with van der Waals surface area (Å²) in [6.07, 6.45) is 1.66. The fourth-order valence-electron chi connectivity index (χ4n) is 2.83. The monoisotopic (exact) mass is 429 g/mol. The standard InChI is InChI=1S/C21H24ClN5OS/c1-14(2)15-5-8-17(9-6-15)27-13-23-25-21(27)29-12-20(28)24-18-11-16(22)7-10-19(18)26(3)4/h5-11,13-14H,12H2,1-4H3,(H,24,28). The van der Waals surface area contributed by atoms with Crippen molar-refractivity contribution >= 4 is 40.6 Å². The molecule has 0 aliphatic rings. The smallest absolute Gasteiger partial charge is 0.234 e. The van der Waals surface area contributed by atoms with E-state index in [0.717, 1.165) is 11.4 Å². The van der Waals surface area contributed by atoms with Gasteiger partial charge in [-0.3, -0.25) is 9.36 Å². The van der Waals surface area contributed by atoms with E-state index in [1.165, 1.54) is 17.3 Å². The first-order chi connectivity index (χ1) is 13.8. The third kappa shape index (κ3) is 5.31. The highest BCUT2D eigenvalue weighted by molar-refractivity contribution is 7.99. The topological polar surface area (TPSA) is 63.1 Å². The average Bonchev–Trinajstić information content (AvgIpc) is 3.15. The zero-order chi connectivity index (χ0) is 21.0. The number of benzene rings is 2. The first-order valence-corrected chi connectivity index (χ1v) is 10.6. The van der Waals surface area contributed by atoms with Crippen molar-refractivity contribution in [3.8, 4) is 5.69 Å². The molecule has 1 N–H and O–H groups in total. The predicted molar refractivity (Wildman–Crippen MR) is 121 cm³/mol. The average molecular weight is 430 g/mol. The molecular formula is C21H24ClN5OS. The van der Waals surface area contributed by atoms with Crippen LogP contribution in [0.1, 0.15) is 25.3 Å². The normalized spacial score (nSPS) is 11.0. The number of halogens is 1. The van der Waals surface area contributed by atoms with E-state index in [4.69, 9.17) is 11.6 Å². The number of carbonyl (C=O) groups excluding carboxylic acids is 1. The van der Waals surface area contributed by atoms with Crippen molar-refractivity contribution in [2.45, 2.75) is 24.9 Å². The zero-order valence-corrected chi connectivity index (χ0v) is 18.5. The number of amides is 1. The lowest BCUT2D eigenvalue weighted by Crippen LogP contribution is -2.18. The third-order valence-electron chi connectivity index (χ3n) is 4.40. The Balaban J connectivity index is 1.68. The van der Waals surface area contributed by atoms with Gasteiger partial charge in [-0.25, -0.2) is 0 Å². The molecule has 2 aromatic carbocycles. The Bertz CT molecular complexity index is 985. The van der Waals surface area contributed by atoms with Crippen molar-refractivity contribution in [2.75, 3.05) is 30.1 Å². The molecule has 3 aromatic rings. The van der Waals surface area contributed by atoms with Crippen LogP contribution in [0, 0.1) is 0 Å². The number of anilines is 2. The molecule has 0 atom stereocenters. The van der Waals surface area contributed by atoms with Gasteiger partial charge in [0.1, 0.15) is 6.33 Å². The van der Waals surface area contributed by atoms with Gasteiger partial charge in [0.2, 0.25) is 5.91 Å². The molecule has 152 valence electrons. The highest BCUT2D eigenvalue weighted by atomic mass is 35.5. The molecule has 0 bridgehead atoms. The van der Waals surface area contributed by atoms with Gasteiger partial charge in [0.15, 0.2) is 5.16 Å². The maximum absolute atomic E-state index is 12.5. The van der Waals surface area contributed by atoms with Gasteiger partial charge in [0.25, 0.3) is 0 Å². The molecule has 29 heavy (non-hydrogen) atoms. The van der Waals surface area contributed by atoms with Gasteiger partial charge in [-0.2, -0.15) is 0 Å². The Labute approximate surface area is 180 Å². The van der Waals surface area contributed by atoms with Crippen molar-refractivity contribution in [1.29, 1.82) is 0 Å². The maximum Gasteiger partial charge on any atom is 0.234 e. The number of hydrogen-bond acceptors (Lipinski definition) is 5. The van der Waals surface area contributed by atoms with E-state index in [0.29, 0.717) is 21.8 Å². The summed E-state index contributed by atoms with van der Waals surface area (Å²) in [7, 11) is 3.83. The molecule has 0 radical (unpaired) electrons. The summed E-state index contributed by atoms with van der Waals surface area (Å²) in [4.78, 5) is 14.4.